The molecule has 14 heteroatoms. The van der Waals surface area contributed by atoms with Crippen LogP contribution in [-0.2, 0) is 9.59 Å². The largest absolute Gasteiger partial charge is 0.372 e. The molecule has 0 fully saturated rings. The molecule has 0 aliphatic carbocycles. The van der Waals surface area contributed by atoms with E-state index in [1.54, 1.807) is 0 Å². The first-order valence-corrected chi connectivity index (χ1v) is 3.97. The van der Waals surface area contributed by atoms with Crippen LogP contribution in [0.1, 0.15) is 0 Å². The number of rotatable bonds is 2. The van der Waals surface area contributed by atoms with E-state index in [2.05, 4.69) is 62.9 Å². The Balaban J connectivity index is 0.000000414. The minimum absolute atomic E-state index is 0.111. The molecule has 0 saturated heterocycles. The number of nitrogens with zero attached hydrogens (tertiary/aromatic N) is 8. The van der Waals surface area contributed by atoms with Gasteiger partial charge in [0.25, 0.3) is 0 Å². The van der Waals surface area contributed by atoms with E-state index in [9.17, 15) is 0 Å². The standard InChI is InChI=1S/C2H2N10.2CH3NO/c3(1-5-9-10-6-1)4-2-7-11-12-8-2;2*2-1-3/h(H,5,6,9,10)(H,7,8,11,12);2*1H,(H2,2,3)/b4-3+;;. The summed E-state index contributed by atoms with van der Waals surface area (Å²) in [5.74, 6) is 0.222. The fraction of sp³-hybridized carbons (Fsp3) is 0. The predicted molar refractivity (Wildman–Crippen MR) is 53.0 cm³/mol. The maximum atomic E-state index is 8.58. The number of H-pyrrole nitrogens is 2. The third-order valence-corrected chi connectivity index (χ3v) is 0.897. The predicted octanol–water partition coefficient (Wildman–Crippen LogP) is -2.67. The first-order valence-electron chi connectivity index (χ1n) is 3.97. The monoisotopic (exact) mass is 256 g/mol. The average Bonchev–Trinajstić information content (AvgIpc) is 3.02. The van der Waals surface area contributed by atoms with Gasteiger partial charge < -0.3 is 11.5 Å². The van der Waals surface area contributed by atoms with Gasteiger partial charge in [-0.3, -0.25) is 9.59 Å². The lowest BCUT2D eigenvalue weighted by Crippen LogP contribution is -1.82. The highest BCUT2D eigenvalue weighted by Crippen LogP contribution is 2.04. The van der Waals surface area contributed by atoms with Crippen LogP contribution in [0, 0.1) is 0 Å². The Morgan fingerprint density at radius 2 is 1.22 bits per heavy atom. The highest BCUT2D eigenvalue weighted by Gasteiger charge is 1.95. The highest BCUT2D eigenvalue weighted by molar-refractivity contribution is 5.42. The summed E-state index contributed by atoms with van der Waals surface area (Å²) in [6.45, 7) is 0. The van der Waals surface area contributed by atoms with Crippen molar-refractivity contribution in [2.45, 2.75) is 0 Å². The van der Waals surface area contributed by atoms with Gasteiger partial charge in [-0.05, 0) is 10.4 Å². The van der Waals surface area contributed by atoms with E-state index in [0.29, 0.717) is 0 Å². The lowest BCUT2D eigenvalue weighted by atomic mass is 11.1. The molecule has 0 aromatic carbocycles. The third kappa shape index (κ3) is 7.04. The Bertz CT molecular complexity index is 390. The van der Waals surface area contributed by atoms with Crippen LogP contribution in [-0.4, -0.2) is 54.1 Å². The second kappa shape index (κ2) is 10.2. The van der Waals surface area contributed by atoms with Crippen molar-refractivity contribution in [1.82, 2.24) is 41.2 Å². The summed E-state index contributed by atoms with van der Waals surface area (Å²) in [4.78, 5) is 17.2. The normalized spacial score (nSPS) is 8.67. The smallest absolute Gasteiger partial charge is 0.307 e. The van der Waals surface area contributed by atoms with Gasteiger partial charge >= 0.3 is 11.9 Å². The van der Waals surface area contributed by atoms with Crippen molar-refractivity contribution in [1.29, 1.82) is 0 Å². The molecule has 2 rings (SSSR count). The maximum Gasteiger partial charge on any atom is 0.307 e. The van der Waals surface area contributed by atoms with E-state index in [-0.39, 0.29) is 24.7 Å². The summed E-state index contributed by atoms with van der Waals surface area (Å²) < 4.78 is 0. The Hall–Kier alpha value is -3.32. The number of azo groups is 1. The lowest BCUT2D eigenvalue weighted by Gasteiger charge is -1.74. The van der Waals surface area contributed by atoms with Gasteiger partial charge in [-0.2, -0.15) is 10.4 Å². The van der Waals surface area contributed by atoms with Crippen LogP contribution in [0.4, 0.5) is 11.9 Å². The van der Waals surface area contributed by atoms with Crippen molar-refractivity contribution in [2.75, 3.05) is 0 Å². The van der Waals surface area contributed by atoms with E-state index in [1.807, 2.05) is 0 Å². The zero-order valence-corrected chi connectivity index (χ0v) is 8.70. The Morgan fingerprint density at radius 3 is 1.44 bits per heavy atom. The molecule has 2 amide bonds. The molecule has 0 bridgehead atoms. The number of aromatic nitrogens is 8. The molecule has 0 radical (unpaired) electrons. The molecular weight excluding hydrogens is 248 g/mol. The molecule has 6 N–H and O–H groups in total. The van der Waals surface area contributed by atoms with Crippen LogP contribution < -0.4 is 11.5 Å². The quantitative estimate of drug-likeness (QED) is 0.326. The molecular formula is C4H8N12O2. The Kier molecular flexibility index (Phi) is 8.32. The van der Waals surface area contributed by atoms with Crippen LogP contribution in [0.5, 0.6) is 0 Å². The third-order valence-electron chi connectivity index (χ3n) is 0.897. The number of tetrazole rings is 2. The maximum absolute atomic E-state index is 8.58. The number of hydrogen-bond donors (Lipinski definition) is 4. The van der Waals surface area contributed by atoms with Gasteiger partial charge in [0.2, 0.25) is 12.8 Å². The fourth-order valence-electron chi connectivity index (χ4n) is 0.487. The molecule has 96 valence electrons. The summed E-state index contributed by atoms with van der Waals surface area (Å²) in [5.41, 5.74) is 8.33. The molecule has 18 heavy (non-hydrogen) atoms. The molecule has 0 atom stereocenters. The van der Waals surface area contributed by atoms with Crippen molar-refractivity contribution in [3.63, 3.8) is 0 Å². The van der Waals surface area contributed by atoms with Crippen molar-refractivity contribution in [3.05, 3.63) is 0 Å². The number of nitrogens with two attached hydrogens (primary N) is 2. The number of carbonyl (C=O) groups excluding carboxylic acids is 2. The Morgan fingerprint density at radius 1 is 0.889 bits per heavy atom. The second-order valence-electron chi connectivity index (χ2n) is 1.90. The molecule has 0 unspecified atom stereocenters. The van der Waals surface area contributed by atoms with Crippen LogP contribution in [0.25, 0.3) is 0 Å². The lowest BCUT2D eigenvalue weighted by molar-refractivity contribution is -0.107. The van der Waals surface area contributed by atoms with E-state index in [4.69, 9.17) is 9.59 Å². The molecule has 0 spiro atoms. The van der Waals surface area contributed by atoms with Gasteiger partial charge in [0.1, 0.15) is 0 Å². The SMILES string of the molecule is N(=N\c1nn[nH]n1)/c1nn[nH]n1.NC=O.NC=O. The van der Waals surface area contributed by atoms with Gasteiger partial charge in [-0.15, -0.1) is 20.4 Å². The van der Waals surface area contributed by atoms with Crippen molar-refractivity contribution in [2.24, 2.45) is 21.7 Å². The molecule has 2 aromatic heterocycles. The second-order valence-corrected chi connectivity index (χ2v) is 1.90. The molecule has 2 heterocycles. The summed E-state index contributed by atoms with van der Waals surface area (Å²) in [6, 6.07) is 0. The number of carbonyl (C=O) groups is 2. The van der Waals surface area contributed by atoms with Crippen LogP contribution in [0.2, 0.25) is 0 Å². The number of nitrogens with one attached hydrogen (secondary N) is 2. The van der Waals surface area contributed by atoms with Gasteiger partial charge in [-0.25, -0.2) is 0 Å². The zero-order chi connectivity index (χ0) is 13.6. The summed E-state index contributed by atoms with van der Waals surface area (Å²) >= 11 is 0. The van der Waals surface area contributed by atoms with Gasteiger partial charge in [0.15, 0.2) is 0 Å². The van der Waals surface area contributed by atoms with Crippen LogP contribution >= 0.6 is 0 Å². The van der Waals surface area contributed by atoms with Crippen molar-refractivity contribution < 1.29 is 9.59 Å². The van der Waals surface area contributed by atoms with E-state index < -0.39 is 0 Å². The number of aromatic amines is 2. The molecule has 14 nitrogen and oxygen atoms in total. The highest BCUT2D eigenvalue weighted by atomic mass is 16.1. The summed E-state index contributed by atoms with van der Waals surface area (Å²) in [5, 5.41) is 32.1. The summed E-state index contributed by atoms with van der Waals surface area (Å²) in [7, 11) is 0. The minimum atomic E-state index is 0.111. The molecule has 0 aliphatic heterocycles. The Labute approximate surface area is 98.2 Å². The van der Waals surface area contributed by atoms with Gasteiger partial charge in [0, 0.05) is 0 Å². The molecule has 0 saturated carbocycles. The van der Waals surface area contributed by atoms with E-state index in [0.717, 1.165) is 0 Å². The number of primary amides is 2. The first-order chi connectivity index (χ1) is 8.78. The number of amides is 2. The van der Waals surface area contributed by atoms with Crippen LogP contribution in [0.3, 0.4) is 0 Å². The first kappa shape index (κ1) is 14.7. The van der Waals surface area contributed by atoms with Crippen molar-refractivity contribution in [3.8, 4) is 0 Å². The molecule has 0 aliphatic rings. The zero-order valence-electron chi connectivity index (χ0n) is 8.70. The summed E-state index contributed by atoms with van der Waals surface area (Å²) in [6.07, 6.45) is 0.500. The van der Waals surface area contributed by atoms with E-state index in [1.165, 1.54) is 0 Å². The van der Waals surface area contributed by atoms with Crippen molar-refractivity contribution >= 4 is 24.7 Å². The average molecular weight is 256 g/mol. The number of hydrogen-bond acceptors (Lipinski definition) is 10. The topological polar surface area (TPSA) is 220 Å². The van der Waals surface area contributed by atoms with Crippen LogP contribution in [0.15, 0.2) is 10.2 Å². The minimum Gasteiger partial charge on any atom is -0.372 e. The van der Waals surface area contributed by atoms with E-state index >= 15 is 0 Å². The molecule has 2 aromatic rings. The van der Waals surface area contributed by atoms with Gasteiger partial charge in [0.05, 0.1) is 0 Å². The van der Waals surface area contributed by atoms with Gasteiger partial charge in [-0.1, -0.05) is 10.2 Å². The fourth-order valence-corrected chi connectivity index (χ4v) is 0.487.